The topological polar surface area (TPSA) is 46.5 Å². The Kier molecular flexibility index (Phi) is 5.77. The zero-order valence-corrected chi connectivity index (χ0v) is 21.6. The van der Waals surface area contributed by atoms with E-state index in [1.165, 1.54) is 21.4 Å². The number of hydrazine groups is 1. The predicted octanol–water partition coefficient (Wildman–Crippen LogP) is 6.23. The zero-order chi connectivity index (χ0) is 23.5. The minimum Gasteiger partial charge on any atom is -0.381 e. The number of nitrogens with zero attached hydrogens (tertiary/aromatic N) is 2. The predicted molar refractivity (Wildman–Crippen MR) is 137 cm³/mol. The van der Waals surface area contributed by atoms with E-state index in [0.29, 0.717) is 5.92 Å². The van der Waals surface area contributed by atoms with Gasteiger partial charge in [-0.25, -0.2) is 14.8 Å². The molecule has 1 unspecified atom stereocenters. The molecule has 3 heterocycles. The van der Waals surface area contributed by atoms with Crippen molar-refractivity contribution < 1.29 is 13.9 Å². The molecule has 1 fully saturated rings. The van der Waals surface area contributed by atoms with Crippen LogP contribution in [-0.2, 0) is 9.53 Å². The number of anilines is 1. The van der Waals surface area contributed by atoms with Crippen LogP contribution in [0.3, 0.4) is 0 Å². The van der Waals surface area contributed by atoms with Gasteiger partial charge in [0, 0.05) is 44.9 Å². The molecule has 5 rings (SSSR count). The van der Waals surface area contributed by atoms with Crippen molar-refractivity contribution in [2.45, 2.75) is 52.5 Å². The number of aromatic nitrogens is 1. The van der Waals surface area contributed by atoms with Crippen LogP contribution < -0.4 is 10.4 Å². The molecule has 0 bridgehead atoms. The van der Waals surface area contributed by atoms with Crippen LogP contribution in [0.1, 0.15) is 63.8 Å². The van der Waals surface area contributed by atoms with Gasteiger partial charge in [0.25, 0.3) is 0 Å². The first kappa shape index (κ1) is 22.8. The number of benzene rings is 2. The zero-order valence-electron chi connectivity index (χ0n) is 19.4. The Balaban J connectivity index is 1.75. The first-order valence-electron chi connectivity index (χ1n) is 11.5. The number of nitrogens with one attached hydrogen (secondary N) is 1. The van der Waals surface area contributed by atoms with Gasteiger partial charge in [0.15, 0.2) is 0 Å². The number of hydrogen-bond donors (Lipinski definition) is 1. The molecule has 0 saturated carbocycles. The summed E-state index contributed by atoms with van der Waals surface area (Å²) in [5.41, 5.74) is 8.16. The summed E-state index contributed by atoms with van der Waals surface area (Å²) >= 11 is 2.45. The SMILES string of the molecule is CC1NN(C(=O)C(C)(C)C)c2cc3c(I)c(C4CCOCC4)n(-c4ccc(F)cc4)c3cc21. The van der Waals surface area contributed by atoms with Crippen LogP contribution in [0, 0.1) is 14.8 Å². The third-order valence-corrected chi connectivity index (χ3v) is 7.79. The van der Waals surface area contributed by atoms with Crippen LogP contribution in [0.4, 0.5) is 10.1 Å². The quantitative estimate of drug-likeness (QED) is 0.378. The summed E-state index contributed by atoms with van der Waals surface area (Å²) in [6.45, 7) is 9.40. The maximum Gasteiger partial charge on any atom is 0.246 e. The third-order valence-electron chi connectivity index (χ3n) is 6.66. The van der Waals surface area contributed by atoms with Crippen LogP contribution in [0.15, 0.2) is 36.4 Å². The average Bonchev–Trinajstić information content (AvgIpc) is 3.26. The summed E-state index contributed by atoms with van der Waals surface area (Å²) in [6.07, 6.45) is 1.92. The van der Waals surface area contributed by atoms with E-state index in [2.05, 4.69) is 51.6 Å². The van der Waals surface area contributed by atoms with Crippen molar-refractivity contribution in [3.8, 4) is 5.69 Å². The van der Waals surface area contributed by atoms with E-state index in [9.17, 15) is 9.18 Å². The fraction of sp³-hybridized carbons (Fsp3) is 0.423. The molecule has 2 aliphatic rings. The van der Waals surface area contributed by atoms with Crippen LogP contribution in [0.2, 0.25) is 0 Å². The number of halogens is 2. The highest BCUT2D eigenvalue weighted by Crippen LogP contribution is 2.44. The molecule has 2 aliphatic heterocycles. The molecule has 174 valence electrons. The van der Waals surface area contributed by atoms with Gasteiger partial charge in [0.05, 0.1) is 17.2 Å². The Bertz CT molecular complexity index is 1220. The molecular weight excluding hydrogens is 532 g/mol. The molecule has 1 saturated heterocycles. The minimum absolute atomic E-state index is 0.0106. The number of amides is 1. The second-order valence-electron chi connectivity index (χ2n) is 10.1. The number of rotatable bonds is 2. The van der Waals surface area contributed by atoms with E-state index in [1.807, 2.05) is 32.9 Å². The number of ether oxygens (including phenoxy) is 1. The standard InChI is InChI=1S/C26H29FIN3O2/c1-15-19-13-21-20(14-22(19)31(29-15)25(32)26(2,3)4)23(28)24(16-9-11-33-12-10-16)30(21)18-7-5-17(27)6-8-18/h5-8,13-16,29H,9-12H2,1-4H3. The fourth-order valence-electron chi connectivity index (χ4n) is 4.90. The lowest BCUT2D eigenvalue weighted by molar-refractivity contribution is -0.126. The van der Waals surface area contributed by atoms with Gasteiger partial charge in [-0.1, -0.05) is 20.8 Å². The maximum atomic E-state index is 13.7. The van der Waals surface area contributed by atoms with E-state index in [4.69, 9.17) is 4.74 Å². The van der Waals surface area contributed by atoms with Crippen molar-refractivity contribution in [1.82, 2.24) is 9.99 Å². The Hall–Kier alpha value is -1.97. The second-order valence-corrected chi connectivity index (χ2v) is 11.1. The molecule has 7 heteroatoms. The van der Waals surface area contributed by atoms with Crippen molar-refractivity contribution in [1.29, 1.82) is 0 Å². The van der Waals surface area contributed by atoms with Crippen LogP contribution in [0.5, 0.6) is 0 Å². The lowest BCUT2D eigenvalue weighted by Crippen LogP contribution is -2.45. The molecule has 2 aromatic carbocycles. The van der Waals surface area contributed by atoms with E-state index < -0.39 is 5.41 Å². The summed E-state index contributed by atoms with van der Waals surface area (Å²) in [7, 11) is 0. The molecule has 1 amide bonds. The maximum absolute atomic E-state index is 13.7. The Morgan fingerprint density at radius 1 is 1.15 bits per heavy atom. The summed E-state index contributed by atoms with van der Waals surface area (Å²) in [5.74, 6) is 0.165. The normalized spacial score (nSPS) is 19.3. The lowest BCUT2D eigenvalue weighted by atomic mass is 9.95. The summed E-state index contributed by atoms with van der Waals surface area (Å²) < 4.78 is 22.9. The van der Waals surface area contributed by atoms with E-state index in [1.54, 1.807) is 5.01 Å². The first-order chi connectivity index (χ1) is 15.7. The third kappa shape index (κ3) is 3.88. The summed E-state index contributed by atoms with van der Waals surface area (Å²) in [6, 6.07) is 11.1. The number of carbonyl (C=O) groups is 1. The largest absolute Gasteiger partial charge is 0.381 e. The van der Waals surface area contributed by atoms with Crippen molar-refractivity contribution >= 4 is 45.1 Å². The monoisotopic (exact) mass is 561 g/mol. The lowest BCUT2D eigenvalue weighted by Gasteiger charge is -2.26. The van der Waals surface area contributed by atoms with E-state index in [0.717, 1.165) is 53.9 Å². The summed E-state index contributed by atoms with van der Waals surface area (Å²) in [5, 5.41) is 2.83. The molecule has 0 spiro atoms. The van der Waals surface area contributed by atoms with Gasteiger partial charge in [0.2, 0.25) is 5.91 Å². The number of carbonyl (C=O) groups excluding carboxylic acids is 1. The van der Waals surface area contributed by atoms with E-state index >= 15 is 0 Å². The van der Waals surface area contributed by atoms with Crippen molar-refractivity contribution in [2.24, 2.45) is 5.41 Å². The highest BCUT2D eigenvalue weighted by Gasteiger charge is 2.37. The highest BCUT2D eigenvalue weighted by atomic mass is 127. The van der Waals surface area contributed by atoms with Gasteiger partial charge in [-0.2, -0.15) is 0 Å². The first-order valence-corrected chi connectivity index (χ1v) is 12.6. The highest BCUT2D eigenvalue weighted by molar-refractivity contribution is 14.1. The molecule has 0 aliphatic carbocycles. The molecular formula is C26H29FIN3O2. The van der Waals surface area contributed by atoms with Gasteiger partial charge < -0.3 is 9.30 Å². The molecule has 0 radical (unpaired) electrons. The van der Waals surface area contributed by atoms with Gasteiger partial charge >= 0.3 is 0 Å². The Morgan fingerprint density at radius 2 is 1.82 bits per heavy atom. The van der Waals surface area contributed by atoms with Crippen LogP contribution >= 0.6 is 22.6 Å². The second kappa shape index (κ2) is 8.36. The van der Waals surface area contributed by atoms with Crippen molar-refractivity contribution in [3.63, 3.8) is 0 Å². The average molecular weight is 561 g/mol. The molecule has 1 N–H and O–H groups in total. The van der Waals surface area contributed by atoms with E-state index in [-0.39, 0.29) is 17.8 Å². The number of fused-ring (bicyclic) bond motifs is 2. The number of hydrogen-bond acceptors (Lipinski definition) is 3. The molecule has 1 aromatic heterocycles. The van der Waals surface area contributed by atoms with Crippen molar-refractivity contribution in [3.05, 3.63) is 57.0 Å². The summed E-state index contributed by atoms with van der Waals surface area (Å²) in [4.78, 5) is 13.2. The van der Waals surface area contributed by atoms with Gasteiger partial charge in [0.1, 0.15) is 5.82 Å². The van der Waals surface area contributed by atoms with Gasteiger partial charge in [-0.15, -0.1) is 0 Å². The molecule has 33 heavy (non-hydrogen) atoms. The van der Waals surface area contributed by atoms with Crippen LogP contribution in [0.25, 0.3) is 16.6 Å². The minimum atomic E-state index is -0.496. The van der Waals surface area contributed by atoms with Crippen LogP contribution in [-0.4, -0.2) is 23.7 Å². The molecule has 1 atom stereocenters. The molecule has 5 nitrogen and oxygen atoms in total. The Labute approximate surface area is 207 Å². The van der Waals surface area contributed by atoms with Gasteiger partial charge in [-0.05, 0) is 84.3 Å². The fourth-order valence-corrected chi connectivity index (χ4v) is 6.01. The smallest absolute Gasteiger partial charge is 0.246 e. The Morgan fingerprint density at radius 3 is 2.45 bits per heavy atom. The molecule has 3 aromatic rings. The van der Waals surface area contributed by atoms with Gasteiger partial charge in [-0.3, -0.25) is 4.79 Å². The van der Waals surface area contributed by atoms with Crippen molar-refractivity contribution in [2.75, 3.05) is 18.2 Å².